The zero-order valence-corrected chi connectivity index (χ0v) is 28.3. The van der Waals surface area contributed by atoms with Crippen LogP contribution >= 0.6 is 0 Å². The number of pyridine rings is 1. The highest BCUT2D eigenvalue weighted by Crippen LogP contribution is 2.37. The Labute approximate surface area is 288 Å². The van der Waals surface area contributed by atoms with Crippen molar-refractivity contribution >= 4 is 39.7 Å². The van der Waals surface area contributed by atoms with Gasteiger partial charge in [-0.15, -0.1) is 5.10 Å². The van der Waals surface area contributed by atoms with Crippen molar-refractivity contribution in [2.24, 2.45) is 0 Å². The van der Waals surface area contributed by atoms with Gasteiger partial charge in [-0.25, -0.2) is 13.8 Å². The van der Waals surface area contributed by atoms with E-state index in [1.165, 1.54) is 18.7 Å². The summed E-state index contributed by atoms with van der Waals surface area (Å²) in [5.41, 5.74) is 5.10. The van der Waals surface area contributed by atoms with Crippen LogP contribution in [0.5, 0.6) is 5.75 Å². The SMILES string of the molecule is CCC1=C(c2cc(C3=CCCN(C(=O)CCn4ccnn4)C3)c(F)c3[nH]c(C(=O)N4CCN(c5ncc(F)cc5OC)CC4)cc23)CNCC1. The fourth-order valence-electron chi connectivity index (χ4n) is 7.23. The summed E-state index contributed by atoms with van der Waals surface area (Å²) in [5.74, 6) is -0.304. The highest BCUT2D eigenvalue weighted by atomic mass is 19.1. The number of benzene rings is 1. The normalized spacial score (nSPS) is 17.0. The van der Waals surface area contributed by atoms with Crippen molar-refractivity contribution in [3.8, 4) is 5.75 Å². The fourth-order valence-corrected chi connectivity index (χ4v) is 7.23. The Morgan fingerprint density at radius 3 is 2.64 bits per heavy atom. The molecule has 0 bridgehead atoms. The Balaban J connectivity index is 1.18. The average Bonchev–Trinajstić information content (AvgIpc) is 3.85. The molecule has 2 N–H and O–H groups in total. The molecule has 7 rings (SSSR count). The number of aromatic nitrogens is 5. The quantitative estimate of drug-likeness (QED) is 0.268. The van der Waals surface area contributed by atoms with Gasteiger partial charge in [0.1, 0.15) is 11.5 Å². The zero-order valence-electron chi connectivity index (χ0n) is 28.3. The smallest absolute Gasteiger partial charge is 0.270 e. The van der Waals surface area contributed by atoms with Gasteiger partial charge in [0, 0.05) is 75.4 Å². The standard InChI is InChI=1S/C36H41F2N9O3/c1-3-23-6-8-39-21-29(23)27-18-26(24-5-4-10-46(22-24)32(48)7-11-47-12-9-41-43-47)33(38)34-28(27)19-30(42-34)36(49)45-15-13-44(14-16-45)35-31(50-2)17-25(37)20-40-35/h5,9,12,17-20,39,42H,3-4,6-8,10-11,13-16,21-22H2,1-2H3. The first kappa shape index (κ1) is 33.4. The molecule has 3 aromatic heterocycles. The van der Waals surface area contributed by atoms with Gasteiger partial charge in [0.15, 0.2) is 17.4 Å². The number of H-pyrrole nitrogens is 1. The van der Waals surface area contributed by atoms with Crippen LogP contribution in [0.25, 0.3) is 22.0 Å². The molecule has 12 nitrogen and oxygen atoms in total. The summed E-state index contributed by atoms with van der Waals surface area (Å²) in [6.07, 6.45) is 9.12. The lowest BCUT2D eigenvalue weighted by atomic mass is 9.88. The van der Waals surface area contributed by atoms with Crippen molar-refractivity contribution in [2.75, 3.05) is 64.4 Å². The molecule has 1 fully saturated rings. The molecule has 0 aliphatic carbocycles. The molecule has 3 aliphatic rings. The van der Waals surface area contributed by atoms with Crippen LogP contribution in [0.2, 0.25) is 0 Å². The van der Waals surface area contributed by atoms with Crippen LogP contribution in [0.4, 0.5) is 14.6 Å². The van der Waals surface area contributed by atoms with Crippen molar-refractivity contribution in [3.63, 3.8) is 0 Å². The number of ether oxygens (including phenoxy) is 1. The molecule has 262 valence electrons. The van der Waals surface area contributed by atoms with Crippen LogP contribution in [0.3, 0.4) is 0 Å². The topological polar surface area (TPSA) is 125 Å². The number of anilines is 1. The number of methoxy groups -OCH3 is 1. The molecule has 14 heteroatoms. The molecule has 1 saturated heterocycles. The highest BCUT2D eigenvalue weighted by Gasteiger charge is 2.29. The van der Waals surface area contributed by atoms with Crippen LogP contribution in [0.15, 0.2) is 48.4 Å². The first-order chi connectivity index (χ1) is 24.3. The number of aromatic amines is 1. The molecular formula is C36H41F2N9O3. The molecule has 50 heavy (non-hydrogen) atoms. The Morgan fingerprint density at radius 1 is 1.04 bits per heavy atom. The first-order valence-electron chi connectivity index (χ1n) is 17.2. The van der Waals surface area contributed by atoms with Crippen LogP contribution < -0.4 is 15.0 Å². The number of amides is 2. The monoisotopic (exact) mass is 685 g/mol. The minimum Gasteiger partial charge on any atom is -0.493 e. The van der Waals surface area contributed by atoms with Crippen molar-refractivity contribution in [2.45, 2.75) is 39.2 Å². The molecule has 3 aliphatic heterocycles. The van der Waals surface area contributed by atoms with Gasteiger partial charge in [-0.3, -0.25) is 14.3 Å². The summed E-state index contributed by atoms with van der Waals surface area (Å²) in [4.78, 5) is 40.0. The van der Waals surface area contributed by atoms with Crippen molar-refractivity contribution in [1.82, 2.24) is 40.1 Å². The van der Waals surface area contributed by atoms with Gasteiger partial charge in [0.25, 0.3) is 5.91 Å². The Morgan fingerprint density at radius 2 is 1.88 bits per heavy atom. The predicted molar refractivity (Wildman–Crippen MR) is 186 cm³/mol. The van der Waals surface area contributed by atoms with E-state index in [1.54, 1.807) is 32.9 Å². The number of halogens is 2. The number of rotatable bonds is 9. The number of hydrogen-bond acceptors (Lipinski definition) is 8. The van der Waals surface area contributed by atoms with E-state index >= 15 is 4.39 Å². The predicted octanol–water partition coefficient (Wildman–Crippen LogP) is 4.27. The van der Waals surface area contributed by atoms with Gasteiger partial charge in [-0.05, 0) is 54.6 Å². The van der Waals surface area contributed by atoms with E-state index in [4.69, 9.17) is 4.74 Å². The average molecular weight is 686 g/mol. The highest BCUT2D eigenvalue weighted by molar-refractivity contribution is 6.03. The summed E-state index contributed by atoms with van der Waals surface area (Å²) < 4.78 is 37.4. The molecule has 4 aromatic rings. The maximum Gasteiger partial charge on any atom is 0.270 e. The lowest BCUT2D eigenvalue weighted by Crippen LogP contribution is -2.49. The third-order valence-corrected chi connectivity index (χ3v) is 9.93. The Bertz CT molecular complexity index is 1960. The number of nitrogens with zero attached hydrogens (tertiary/aromatic N) is 7. The molecule has 0 radical (unpaired) electrons. The van der Waals surface area contributed by atoms with E-state index < -0.39 is 11.6 Å². The number of nitrogens with one attached hydrogen (secondary N) is 2. The number of fused-ring (bicyclic) bond motifs is 1. The summed E-state index contributed by atoms with van der Waals surface area (Å²) in [6, 6.07) is 4.99. The number of hydrogen-bond donors (Lipinski definition) is 2. The van der Waals surface area contributed by atoms with Crippen molar-refractivity contribution in [3.05, 3.63) is 76.9 Å². The molecule has 0 unspecified atom stereocenters. The summed E-state index contributed by atoms with van der Waals surface area (Å²) >= 11 is 0. The van der Waals surface area contributed by atoms with E-state index in [1.807, 2.05) is 17.0 Å². The fraction of sp³-hybridized carbons (Fsp3) is 0.417. The van der Waals surface area contributed by atoms with E-state index in [0.717, 1.165) is 42.3 Å². The van der Waals surface area contributed by atoms with Crippen LogP contribution in [-0.4, -0.2) is 106 Å². The maximum atomic E-state index is 16.7. The molecular weight excluding hydrogens is 644 g/mol. The number of aryl methyl sites for hydroxylation is 1. The molecule has 6 heterocycles. The zero-order chi connectivity index (χ0) is 34.8. The Kier molecular flexibility index (Phi) is 9.61. The van der Waals surface area contributed by atoms with Gasteiger partial charge in [0.2, 0.25) is 5.91 Å². The molecule has 0 spiro atoms. The summed E-state index contributed by atoms with van der Waals surface area (Å²) in [7, 11) is 1.47. The van der Waals surface area contributed by atoms with Crippen LogP contribution in [0.1, 0.15) is 54.2 Å². The van der Waals surface area contributed by atoms with Gasteiger partial charge in [-0.2, -0.15) is 0 Å². The van der Waals surface area contributed by atoms with Gasteiger partial charge < -0.3 is 29.7 Å². The molecule has 2 amide bonds. The Hall–Kier alpha value is -5.11. The number of piperazine rings is 1. The molecule has 0 saturated carbocycles. The maximum absolute atomic E-state index is 16.7. The van der Waals surface area contributed by atoms with Crippen molar-refractivity contribution in [1.29, 1.82) is 0 Å². The van der Waals surface area contributed by atoms with E-state index in [2.05, 4.69) is 32.5 Å². The summed E-state index contributed by atoms with van der Waals surface area (Å²) in [6.45, 7) is 6.69. The number of carbonyl (C=O) groups excluding carboxylic acids is 2. The van der Waals surface area contributed by atoms with Crippen LogP contribution in [-0.2, 0) is 11.3 Å². The number of carbonyl (C=O) groups is 2. The second kappa shape index (κ2) is 14.4. The minimum absolute atomic E-state index is 0.0261. The van der Waals surface area contributed by atoms with E-state index in [9.17, 15) is 14.0 Å². The van der Waals surface area contributed by atoms with Crippen LogP contribution in [0, 0.1) is 11.6 Å². The van der Waals surface area contributed by atoms with Gasteiger partial charge >= 0.3 is 0 Å². The van der Waals surface area contributed by atoms with E-state index in [-0.39, 0.29) is 23.8 Å². The van der Waals surface area contributed by atoms with Gasteiger partial charge in [0.05, 0.1) is 31.6 Å². The molecule has 1 aromatic carbocycles. The second-order valence-electron chi connectivity index (χ2n) is 12.8. The lowest BCUT2D eigenvalue weighted by molar-refractivity contribution is -0.131. The minimum atomic E-state index is -0.483. The third kappa shape index (κ3) is 6.59. The lowest BCUT2D eigenvalue weighted by Gasteiger charge is -2.35. The molecule has 0 atom stereocenters. The summed E-state index contributed by atoms with van der Waals surface area (Å²) in [5, 5.41) is 11.9. The second-order valence-corrected chi connectivity index (χ2v) is 12.8. The third-order valence-electron chi connectivity index (χ3n) is 9.93. The first-order valence-corrected chi connectivity index (χ1v) is 17.2. The van der Waals surface area contributed by atoms with E-state index in [0.29, 0.717) is 87.0 Å². The largest absolute Gasteiger partial charge is 0.493 e. The van der Waals surface area contributed by atoms with Crippen molar-refractivity contribution < 1.29 is 23.1 Å². The van der Waals surface area contributed by atoms with Gasteiger partial charge in [-0.1, -0.05) is 23.8 Å².